The molecule has 7 heteroatoms. The molecule has 1 aromatic rings. The van der Waals surface area contributed by atoms with Gasteiger partial charge in [-0.2, -0.15) is 0 Å². The van der Waals surface area contributed by atoms with Crippen molar-refractivity contribution in [3.05, 3.63) is 4.88 Å². The van der Waals surface area contributed by atoms with Gasteiger partial charge in [-0.3, -0.25) is 4.79 Å². The monoisotopic (exact) mass is 312 g/mol. The highest BCUT2D eigenvalue weighted by Gasteiger charge is 2.33. The van der Waals surface area contributed by atoms with Crippen LogP contribution < -0.4 is 11.1 Å². The van der Waals surface area contributed by atoms with E-state index in [1.54, 1.807) is 7.11 Å². The van der Waals surface area contributed by atoms with Crippen LogP contribution in [0.15, 0.2) is 0 Å². The van der Waals surface area contributed by atoms with Gasteiger partial charge >= 0.3 is 0 Å². The highest BCUT2D eigenvalue weighted by atomic mass is 32.1. The Balaban J connectivity index is 2.08. The first-order valence-corrected chi connectivity index (χ1v) is 8.16. The van der Waals surface area contributed by atoms with Gasteiger partial charge in [0.25, 0.3) is 5.91 Å². The van der Waals surface area contributed by atoms with E-state index in [9.17, 15) is 4.79 Å². The number of aromatic nitrogens is 1. The summed E-state index contributed by atoms with van der Waals surface area (Å²) >= 11 is 1.32. The molecule has 0 radical (unpaired) electrons. The number of nitrogens with one attached hydrogen (secondary N) is 1. The lowest BCUT2D eigenvalue weighted by Crippen LogP contribution is -2.38. The van der Waals surface area contributed by atoms with Gasteiger partial charge in [0.05, 0.1) is 6.61 Å². The van der Waals surface area contributed by atoms with E-state index < -0.39 is 0 Å². The van der Waals surface area contributed by atoms with E-state index in [0.29, 0.717) is 40.9 Å². The minimum Gasteiger partial charge on any atom is -0.383 e. The van der Waals surface area contributed by atoms with Gasteiger partial charge in [0.15, 0.2) is 5.13 Å². The fraction of sp³-hybridized carbons (Fsp3) is 0.714. The number of nitrogen functional groups attached to an aromatic ring is 1. The van der Waals surface area contributed by atoms with E-state index in [1.807, 2.05) is 4.90 Å². The Morgan fingerprint density at radius 1 is 1.62 bits per heavy atom. The molecule has 0 saturated carbocycles. The quantitative estimate of drug-likeness (QED) is 0.786. The maximum Gasteiger partial charge on any atom is 0.268 e. The van der Waals surface area contributed by atoms with E-state index in [4.69, 9.17) is 10.5 Å². The number of ether oxygens (including phenoxy) is 1. The predicted molar refractivity (Wildman–Crippen MR) is 85.8 cm³/mol. The summed E-state index contributed by atoms with van der Waals surface area (Å²) in [4.78, 5) is 19.4. The number of thiazole rings is 1. The number of hydrogen-bond acceptors (Lipinski definition) is 6. The maximum atomic E-state index is 12.7. The number of hydrogen-bond donors (Lipinski definition) is 2. The average molecular weight is 312 g/mol. The molecule has 21 heavy (non-hydrogen) atoms. The summed E-state index contributed by atoms with van der Waals surface area (Å²) in [5.41, 5.74) is 5.92. The van der Waals surface area contributed by atoms with Crippen molar-refractivity contribution in [3.63, 3.8) is 0 Å². The second-order valence-corrected chi connectivity index (χ2v) is 6.60. The summed E-state index contributed by atoms with van der Waals surface area (Å²) in [6, 6.07) is 0.309. The van der Waals surface area contributed by atoms with Crippen LogP contribution in [0.3, 0.4) is 0 Å². The van der Waals surface area contributed by atoms with Crippen LogP contribution in [-0.2, 0) is 4.74 Å². The molecular formula is C14H24N4O2S. The van der Waals surface area contributed by atoms with Crippen molar-refractivity contribution in [3.8, 4) is 0 Å². The first kappa shape index (κ1) is 16.0. The van der Waals surface area contributed by atoms with Crippen molar-refractivity contribution in [1.82, 2.24) is 9.88 Å². The topological polar surface area (TPSA) is 80.5 Å². The lowest BCUT2D eigenvalue weighted by Gasteiger charge is -2.27. The number of methoxy groups -OCH3 is 1. The van der Waals surface area contributed by atoms with Gasteiger partial charge in [-0.05, 0) is 18.8 Å². The molecule has 1 atom stereocenters. The zero-order valence-electron chi connectivity index (χ0n) is 12.9. The molecule has 0 bridgehead atoms. The zero-order chi connectivity index (χ0) is 15.4. The normalized spacial score (nSPS) is 18.5. The molecule has 1 fully saturated rings. The van der Waals surface area contributed by atoms with E-state index >= 15 is 0 Å². The van der Waals surface area contributed by atoms with E-state index in [-0.39, 0.29) is 5.91 Å². The third-order valence-corrected chi connectivity index (χ3v) is 4.78. The molecular weight excluding hydrogens is 288 g/mol. The number of anilines is 2. The number of nitrogens with zero attached hydrogens (tertiary/aromatic N) is 2. The molecule has 2 rings (SSSR count). The van der Waals surface area contributed by atoms with Gasteiger partial charge in [-0.1, -0.05) is 25.2 Å². The Morgan fingerprint density at radius 3 is 3.05 bits per heavy atom. The lowest BCUT2D eigenvalue weighted by atomic mass is 10.0. The van der Waals surface area contributed by atoms with Gasteiger partial charge in [0, 0.05) is 26.2 Å². The molecule has 0 spiro atoms. The fourth-order valence-corrected chi connectivity index (χ4v) is 3.56. The second-order valence-electron chi connectivity index (χ2n) is 5.61. The van der Waals surface area contributed by atoms with Crippen molar-refractivity contribution in [2.45, 2.75) is 32.7 Å². The van der Waals surface area contributed by atoms with Crippen LogP contribution in [-0.4, -0.2) is 48.6 Å². The molecule has 2 heterocycles. The number of rotatable bonds is 6. The van der Waals surface area contributed by atoms with Gasteiger partial charge in [0.1, 0.15) is 10.7 Å². The van der Waals surface area contributed by atoms with Crippen LogP contribution in [0.4, 0.5) is 10.9 Å². The molecule has 3 N–H and O–H groups in total. The molecule has 1 aromatic heterocycles. The van der Waals surface area contributed by atoms with Gasteiger partial charge in [-0.25, -0.2) is 4.98 Å². The van der Waals surface area contributed by atoms with E-state index in [2.05, 4.69) is 24.1 Å². The summed E-state index contributed by atoms with van der Waals surface area (Å²) < 4.78 is 4.98. The minimum atomic E-state index is 0.0148. The minimum absolute atomic E-state index is 0.0148. The van der Waals surface area contributed by atoms with Gasteiger partial charge in [0.2, 0.25) is 0 Å². The predicted octanol–water partition coefficient (Wildman–Crippen LogP) is 2.04. The summed E-state index contributed by atoms with van der Waals surface area (Å²) in [6.07, 6.45) is 2.13. The largest absolute Gasteiger partial charge is 0.383 e. The fourth-order valence-electron chi connectivity index (χ4n) is 2.69. The van der Waals surface area contributed by atoms with Crippen molar-refractivity contribution in [2.24, 2.45) is 5.92 Å². The molecule has 1 amide bonds. The van der Waals surface area contributed by atoms with Crippen LogP contribution in [0.5, 0.6) is 0 Å². The Hall–Kier alpha value is -1.34. The molecule has 1 saturated heterocycles. The molecule has 118 valence electrons. The highest BCUT2D eigenvalue weighted by Crippen LogP contribution is 2.31. The molecule has 1 aliphatic heterocycles. The van der Waals surface area contributed by atoms with Crippen LogP contribution in [0.1, 0.15) is 36.4 Å². The van der Waals surface area contributed by atoms with Crippen LogP contribution in [0, 0.1) is 5.92 Å². The number of carbonyl (C=O) groups excluding carboxylic acids is 1. The summed E-state index contributed by atoms with van der Waals surface area (Å²) in [5.74, 6) is 0.796. The van der Waals surface area contributed by atoms with Crippen molar-refractivity contribution < 1.29 is 9.53 Å². The van der Waals surface area contributed by atoms with Crippen LogP contribution >= 0.6 is 11.3 Å². The summed E-state index contributed by atoms with van der Waals surface area (Å²) in [7, 11) is 1.65. The van der Waals surface area contributed by atoms with E-state index in [1.165, 1.54) is 11.3 Å². The molecule has 6 nitrogen and oxygen atoms in total. The smallest absolute Gasteiger partial charge is 0.268 e. The zero-order valence-corrected chi connectivity index (χ0v) is 13.7. The number of likely N-dealkylation sites (tertiary alicyclic amines) is 1. The molecule has 0 aliphatic carbocycles. The molecule has 1 aliphatic rings. The van der Waals surface area contributed by atoms with Crippen molar-refractivity contribution in [1.29, 1.82) is 0 Å². The summed E-state index contributed by atoms with van der Waals surface area (Å²) in [6.45, 7) is 6.36. The van der Waals surface area contributed by atoms with Gasteiger partial charge in [-0.15, -0.1) is 0 Å². The third-order valence-electron chi connectivity index (χ3n) is 3.76. The first-order valence-electron chi connectivity index (χ1n) is 7.34. The Morgan fingerprint density at radius 2 is 2.38 bits per heavy atom. The maximum absolute atomic E-state index is 12.7. The first-order chi connectivity index (χ1) is 10.0. The van der Waals surface area contributed by atoms with Crippen molar-refractivity contribution in [2.75, 3.05) is 37.9 Å². The lowest BCUT2D eigenvalue weighted by molar-refractivity contribution is 0.0707. The van der Waals surface area contributed by atoms with Gasteiger partial charge < -0.3 is 20.7 Å². The van der Waals surface area contributed by atoms with Crippen LogP contribution in [0.25, 0.3) is 0 Å². The number of nitrogens with two attached hydrogens (primary N) is 1. The van der Waals surface area contributed by atoms with E-state index in [0.717, 1.165) is 19.4 Å². The number of amides is 1. The van der Waals surface area contributed by atoms with Crippen molar-refractivity contribution >= 4 is 28.2 Å². The molecule has 0 aromatic carbocycles. The molecule has 1 unspecified atom stereocenters. The SMILES string of the molecule is COCCNc1nc(N)c(C(=O)N2CCCC2C(C)C)s1. The number of carbonyl (C=O) groups is 1. The Bertz CT molecular complexity index is 489. The Kier molecular flexibility index (Phi) is 5.41. The van der Waals surface area contributed by atoms with Crippen LogP contribution in [0.2, 0.25) is 0 Å². The second kappa shape index (κ2) is 7.09. The Labute approximate surface area is 129 Å². The standard InChI is InChI=1S/C14H24N4O2S/c1-9(2)10-5-4-7-18(10)13(19)11-12(15)17-14(21-11)16-6-8-20-3/h9-10H,4-8,15H2,1-3H3,(H,16,17). The highest BCUT2D eigenvalue weighted by molar-refractivity contribution is 7.18. The summed E-state index contributed by atoms with van der Waals surface area (Å²) in [5, 5.41) is 3.79. The third kappa shape index (κ3) is 3.65. The average Bonchev–Trinajstić information content (AvgIpc) is 3.05.